The van der Waals surface area contributed by atoms with Crippen molar-refractivity contribution in [3.05, 3.63) is 34.5 Å². The molecule has 1 N–H and O–H groups in total. The lowest BCUT2D eigenvalue weighted by Gasteiger charge is -2.08. The van der Waals surface area contributed by atoms with E-state index in [1.165, 1.54) is 0 Å². The van der Waals surface area contributed by atoms with Crippen molar-refractivity contribution in [1.82, 2.24) is 15.1 Å². The van der Waals surface area contributed by atoms with Crippen LogP contribution in [0.1, 0.15) is 31.3 Å². The van der Waals surface area contributed by atoms with Gasteiger partial charge in [0.2, 0.25) is 0 Å². The molecule has 5 nitrogen and oxygen atoms in total. The lowest BCUT2D eigenvalue weighted by molar-refractivity contribution is 0.412. The maximum Gasteiger partial charge on any atom is 0.134 e. The fraction of sp³-hybridized carbons (Fsp3) is 0.364. The van der Waals surface area contributed by atoms with Crippen molar-refractivity contribution in [3.63, 3.8) is 0 Å². The van der Waals surface area contributed by atoms with Gasteiger partial charge in [0.05, 0.1) is 6.54 Å². The lowest BCUT2D eigenvalue weighted by atomic mass is 10.2. The van der Waals surface area contributed by atoms with Gasteiger partial charge in [-0.25, -0.2) is 9.97 Å². The Balaban J connectivity index is 2.10. The van der Waals surface area contributed by atoms with E-state index in [1.54, 1.807) is 6.26 Å². The van der Waals surface area contributed by atoms with E-state index in [0.717, 1.165) is 21.9 Å². The van der Waals surface area contributed by atoms with Gasteiger partial charge in [0.1, 0.15) is 28.2 Å². The highest BCUT2D eigenvalue weighted by atomic mass is 79.9. The number of rotatable bonds is 4. The van der Waals surface area contributed by atoms with E-state index in [0.29, 0.717) is 12.5 Å². The van der Waals surface area contributed by atoms with Crippen molar-refractivity contribution in [2.75, 3.05) is 5.32 Å². The molecule has 0 bridgehead atoms. The molecule has 0 fully saturated rings. The summed E-state index contributed by atoms with van der Waals surface area (Å²) in [5.41, 5.74) is 0.839. The molecule has 0 aliphatic carbocycles. The molecule has 0 atom stereocenters. The highest BCUT2D eigenvalue weighted by Crippen LogP contribution is 2.17. The van der Waals surface area contributed by atoms with Crippen LogP contribution in [-0.4, -0.2) is 15.1 Å². The van der Waals surface area contributed by atoms with Crippen LogP contribution in [0, 0.1) is 0 Å². The first-order chi connectivity index (χ1) is 8.15. The molecular weight excluding hydrogens is 284 g/mol. The number of anilines is 1. The second-order valence-electron chi connectivity index (χ2n) is 3.93. The quantitative estimate of drug-likeness (QED) is 0.879. The number of nitrogens with one attached hydrogen (secondary N) is 1. The molecular formula is C11H13BrN4O. The number of hydrogen-bond acceptors (Lipinski definition) is 5. The molecule has 2 heterocycles. The Morgan fingerprint density at radius 2 is 2.24 bits per heavy atom. The van der Waals surface area contributed by atoms with Crippen LogP contribution in [0.4, 0.5) is 5.82 Å². The van der Waals surface area contributed by atoms with Gasteiger partial charge in [0, 0.05) is 18.1 Å². The van der Waals surface area contributed by atoms with E-state index in [4.69, 9.17) is 4.52 Å². The van der Waals surface area contributed by atoms with Crippen LogP contribution in [0.2, 0.25) is 0 Å². The summed E-state index contributed by atoms with van der Waals surface area (Å²) in [7, 11) is 0. The molecule has 17 heavy (non-hydrogen) atoms. The Morgan fingerprint density at radius 1 is 1.41 bits per heavy atom. The van der Waals surface area contributed by atoms with Crippen molar-refractivity contribution in [3.8, 4) is 0 Å². The van der Waals surface area contributed by atoms with Crippen molar-refractivity contribution in [2.45, 2.75) is 26.3 Å². The summed E-state index contributed by atoms with van der Waals surface area (Å²) >= 11 is 3.37. The minimum Gasteiger partial charge on any atom is -0.364 e. The van der Waals surface area contributed by atoms with Gasteiger partial charge in [-0.05, 0) is 15.9 Å². The molecule has 0 saturated heterocycles. The average molecular weight is 297 g/mol. The van der Waals surface area contributed by atoms with Gasteiger partial charge in [0.25, 0.3) is 0 Å². The summed E-state index contributed by atoms with van der Waals surface area (Å²) in [6.07, 6.45) is 1.55. The normalized spacial score (nSPS) is 10.8. The fourth-order valence-corrected chi connectivity index (χ4v) is 1.69. The molecule has 0 spiro atoms. The second-order valence-corrected chi connectivity index (χ2v) is 4.75. The zero-order valence-electron chi connectivity index (χ0n) is 9.64. The van der Waals surface area contributed by atoms with Crippen LogP contribution in [0.5, 0.6) is 0 Å². The first-order valence-corrected chi connectivity index (χ1v) is 6.12. The van der Waals surface area contributed by atoms with Crippen LogP contribution < -0.4 is 5.32 Å². The Labute approximate surface area is 108 Å². The second kappa shape index (κ2) is 5.27. The van der Waals surface area contributed by atoms with Gasteiger partial charge in [-0.3, -0.25) is 0 Å². The number of halogens is 1. The molecule has 6 heteroatoms. The van der Waals surface area contributed by atoms with Gasteiger partial charge in [-0.15, -0.1) is 0 Å². The third kappa shape index (κ3) is 3.26. The molecule has 0 unspecified atom stereocenters. The zero-order valence-corrected chi connectivity index (χ0v) is 11.2. The summed E-state index contributed by atoms with van der Waals surface area (Å²) in [6.45, 7) is 4.70. The largest absolute Gasteiger partial charge is 0.364 e. The van der Waals surface area contributed by atoms with Crippen molar-refractivity contribution in [1.29, 1.82) is 0 Å². The minimum absolute atomic E-state index is 0.292. The van der Waals surface area contributed by atoms with E-state index in [1.807, 2.05) is 12.1 Å². The molecule has 2 aromatic heterocycles. The first kappa shape index (κ1) is 12.0. The molecule has 0 saturated carbocycles. The van der Waals surface area contributed by atoms with Gasteiger partial charge >= 0.3 is 0 Å². The van der Waals surface area contributed by atoms with Crippen LogP contribution in [-0.2, 0) is 6.54 Å². The molecule has 90 valence electrons. The van der Waals surface area contributed by atoms with E-state index in [2.05, 4.69) is 50.2 Å². The summed E-state index contributed by atoms with van der Waals surface area (Å²) in [5, 5.41) is 7.00. The summed E-state index contributed by atoms with van der Waals surface area (Å²) in [6, 6.07) is 3.65. The van der Waals surface area contributed by atoms with Gasteiger partial charge in [-0.2, -0.15) is 0 Å². The summed E-state index contributed by atoms with van der Waals surface area (Å²) < 4.78 is 5.53. The molecule has 0 aliphatic rings. The van der Waals surface area contributed by atoms with Gasteiger partial charge in [0.15, 0.2) is 0 Å². The standard InChI is InChI=1S/C11H13BrN4O/c1-7(2)11-14-9(12)5-10(15-11)13-6-8-3-4-17-16-8/h3-5,7H,6H2,1-2H3,(H,13,14,15). The van der Waals surface area contributed by atoms with Crippen molar-refractivity contribution in [2.24, 2.45) is 0 Å². The third-order valence-corrected chi connectivity index (χ3v) is 2.58. The molecule has 0 amide bonds. The molecule has 0 aromatic carbocycles. The number of nitrogens with zero attached hydrogens (tertiary/aromatic N) is 3. The number of hydrogen-bond donors (Lipinski definition) is 1. The number of aromatic nitrogens is 3. The average Bonchev–Trinajstić information content (AvgIpc) is 2.78. The van der Waals surface area contributed by atoms with Crippen molar-refractivity contribution < 1.29 is 4.52 Å². The lowest BCUT2D eigenvalue weighted by Crippen LogP contribution is -2.05. The predicted molar refractivity (Wildman–Crippen MR) is 67.7 cm³/mol. The Morgan fingerprint density at radius 3 is 2.88 bits per heavy atom. The predicted octanol–water partition coefficient (Wildman–Crippen LogP) is 2.96. The zero-order chi connectivity index (χ0) is 12.3. The Hall–Kier alpha value is -1.43. The SMILES string of the molecule is CC(C)c1nc(Br)cc(NCc2ccon2)n1. The van der Waals surface area contributed by atoms with Crippen LogP contribution in [0.3, 0.4) is 0 Å². The molecule has 2 rings (SSSR count). The van der Waals surface area contributed by atoms with E-state index in [9.17, 15) is 0 Å². The first-order valence-electron chi connectivity index (χ1n) is 5.33. The maximum absolute atomic E-state index is 4.76. The topological polar surface area (TPSA) is 63.8 Å². The van der Waals surface area contributed by atoms with Crippen LogP contribution in [0.25, 0.3) is 0 Å². The Kier molecular flexibility index (Phi) is 3.73. The maximum atomic E-state index is 4.76. The van der Waals surface area contributed by atoms with Gasteiger partial charge < -0.3 is 9.84 Å². The van der Waals surface area contributed by atoms with Gasteiger partial charge in [-0.1, -0.05) is 19.0 Å². The summed E-state index contributed by atoms with van der Waals surface area (Å²) in [4.78, 5) is 8.73. The third-order valence-electron chi connectivity index (χ3n) is 2.17. The monoisotopic (exact) mass is 296 g/mol. The highest BCUT2D eigenvalue weighted by Gasteiger charge is 2.07. The van der Waals surface area contributed by atoms with Crippen LogP contribution >= 0.6 is 15.9 Å². The van der Waals surface area contributed by atoms with Crippen molar-refractivity contribution >= 4 is 21.7 Å². The van der Waals surface area contributed by atoms with E-state index < -0.39 is 0 Å². The van der Waals surface area contributed by atoms with Crippen LogP contribution in [0.15, 0.2) is 27.5 Å². The highest BCUT2D eigenvalue weighted by molar-refractivity contribution is 9.10. The van der Waals surface area contributed by atoms with E-state index >= 15 is 0 Å². The minimum atomic E-state index is 0.292. The fourth-order valence-electron chi connectivity index (χ4n) is 1.29. The molecule has 0 radical (unpaired) electrons. The molecule has 0 aliphatic heterocycles. The van der Waals surface area contributed by atoms with E-state index in [-0.39, 0.29) is 0 Å². The Bertz CT molecular complexity index is 484. The summed E-state index contributed by atoms with van der Waals surface area (Å²) in [5.74, 6) is 1.88. The smallest absolute Gasteiger partial charge is 0.134 e. The molecule has 2 aromatic rings.